The number of ether oxygens (including phenoxy) is 2. The maximum atomic E-state index is 13.4. The lowest BCUT2D eigenvalue weighted by molar-refractivity contribution is -0.428. The average Bonchev–Trinajstić information content (AvgIpc) is 3.22. The SMILES string of the molecule is CCCCCCCCOC(=O)CN(c1ccccc1)c1ccc(C2=C([O-])/C(=C3/C=CC(=[N+](CC(=O)OCCCCCCCC)c4ccccc4)C=N3)C2=O)nc1. The number of esters is 2. The molecule has 0 fully saturated rings. The van der Waals surface area contributed by atoms with Crippen LogP contribution in [0.1, 0.15) is 96.6 Å². The number of nitrogens with zero attached hydrogens (tertiary/aromatic N) is 4. The van der Waals surface area contributed by atoms with Gasteiger partial charge in [-0.25, -0.2) is 9.79 Å². The number of anilines is 2. The van der Waals surface area contributed by atoms with E-state index in [4.69, 9.17) is 9.47 Å². The Balaban J connectivity index is 1.26. The second-order valence-electron chi connectivity index (χ2n) is 14.0. The van der Waals surface area contributed by atoms with Crippen molar-refractivity contribution in [2.45, 2.75) is 90.9 Å². The molecular weight excluding hydrogens is 705 g/mol. The number of pyridine rings is 1. The molecule has 1 aliphatic heterocycles. The summed E-state index contributed by atoms with van der Waals surface area (Å²) >= 11 is 0. The molecule has 0 unspecified atom stereocenters. The molecule has 0 atom stereocenters. The predicted molar refractivity (Wildman–Crippen MR) is 219 cm³/mol. The van der Waals surface area contributed by atoms with Crippen LogP contribution >= 0.6 is 0 Å². The number of aromatic nitrogens is 1. The first-order valence-corrected chi connectivity index (χ1v) is 20.1. The Morgan fingerprint density at radius 2 is 1.30 bits per heavy atom. The van der Waals surface area contributed by atoms with Crippen molar-refractivity contribution in [1.82, 2.24) is 4.98 Å². The Bertz CT molecular complexity index is 1910. The first kappa shape index (κ1) is 41.5. The van der Waals surface area contributed by atoms with Gasteiger partial charge in [0.25, 0.3) is 0 Å². The van der Waals surface area contributed by atoms with Crippen LogP contribution in [0.25, 0.3) is 5.57 Å². The zero-order valence-electron chi connectivity index (χ0n) is 32.8. The Morgan fingerprint density at radius 1 is 0.696 bits per heavy atom. The molecular formula is C46H54N4O6. The van der Waals surface area contributed by atoms with Gasteiger partial charge in [0.15, 0.2) is 5.78 Å². The molecule has 2 aromatic carbocycles. The van der Waals surface area contributed by atoms with E-state index in [2.05, 4.69) is 23.8 Å². The number of carbonyl (C=O) groups excluding carboxylic acids is 3. The predicted octanol–water partition coefficient (Wildman–Crippen LogP) is 8.36. The fraction of sp³-hybridized carbons (Fsp3) is 0.391. The van der Waals surface area contributed by atoms with E-state index in [1.807, 2.05) is 60.7 Å². The van der Waals surface area contributed by atoms with Gasteiger partial charge in [0.05, 0.1) is 42.7 Å². The molecule has 0 bridgehead atoms. The fourth-order valence-electron chi connectivity index (χ4n) is 6.61. The van der Waals surface area contributed by atoms with E-state index in [1.165, 1.54) is 38.5 Å². The van der Waals surface area contributed by atoms with Gasteiger partial charge in [-0.1, -0.05) is 120 Å². The van der Waals surface area contributed by atoms with Crippen LogP contribution in [0.2, 0.25) is 0 Å². The van der Waals surface area contributed by atoms with Crippen LogP contribution in [0.3, 0.4) is 0 Å². The Kier molecular flexibility index (Phi) is 16.3. The van der Waals surface area contributed by atoms with Gasteiger partial charge in [-0.05, 0) is 43.2 Å². The lowest BCUT2D eigenvalue weighted by Crippen LogP contribution is -2.31. The van der Waals surface area contributed by atoms with Crippen molar-refractivity contribution in [3.63, 3.8) is 0 Å². The Hall–Kier alpha value is -5.64. The number of rotatable bonds is 22. The number of ketones is 1. The van der Waals surface area contributed by atoms with E-state index >= 15 is 0 Å². The molecule has 3 aromatic rings. The highest BCUT2D eigenvalue weighted by Crippen LogP contribution is 2.37. The topological polar surface area (TPSA) is 124 Å². The largest absolute Gasteiger partial charge is 0.871 e. The molecule has 0 spiro atoms. The zero-order valence-corrected chi connectivity index (χ0v) is 32.8. The van der Waals surface area contributed by atoms with Gasteiger partial charge in [0.2, 0.25) is 17.9 Å². The van der Waals surface area contributed by atoms with Crippen LogP contribution in [-0.2, 0) is 23.9 Å². The highest BCUT2D eigenvalue weighted by Gasteiger charge is 2.33. The van der Waals surface area contributed by atoms with E-state index < -0.39 is 11.5 Å². The van der Waals surface area contributed by atoms with Crippen LogP contribution in [0.15, 0.2) is 113 Å². The highest BCUT2D eigenvalue weighted by atomic mass is 16.5. The van der Waals surface area contributed by atoms with Crippen molar-refractivity contribution in [3.05, 3.63) is 114 Å². The molecule has 10 heteroatoms. The maximum absolute atomic E-state index is 13.4. The van der Waals surface area contributed by atoms with E-state index in [1.54, 1.807) is 46.2 Å². The van der Waals surface area contributed by atoms with Crippen molar-refractivity contribution in [2.24, 2.45) is 4.99 Å². The third-order valence-electron chi connectivity index (χ3n) is 9.77. The molecule has 294 valence electrons. The summed E-state index contributed by atoms with van der Waals surface area (Å²) in [6.07, 6.45) is 19.7. The summed E-state index contributed by atoms with van der Waals surface area (Å²) in [7, 11) is 0. The summed E-state index contributed by atoms with van der Waals surface area (Å²) in [5.41, 5.74) is 3.27. The normalized spacial score (nSPS) is 15.8. The third-order valence-corrected chi connectivity index (χ3v) is 9.77. The van der Waals surface area contributed by atoms with Crippen LogP contribution in [-0.4, -0.2) is 65.5 Å². The molecule has 1 aliphatic carbocycles. The molecule has 56 heavy (non-hydrogen) atoms. The van der Waals surface area contributed by atoms with E-state index in [0.717, 1.165) is 49.9 Å². The summed E-state index contributed by atoms with van der Waals surface area (Å²) in [5, 5.41) is 13.4. The molecule has 5 rings (SSSR count). The summed E-state index contributed by atoms with van der Waals surface area (Å²) in [6.45, 7) is 5.09. The van der Waals surface area contributed by atoms with Crippen molar-refractivity contribution in [2.75, 3.05) is 31.2 Å². The molecule has 10 nitrogen and oxygen atoms in total. The van der Waals surface area contributed by atoms with Crippen molar-refractivity contribution < 1.29 is 33.5 Å². The van der Waals surface area contributed by atoms with E-state index in [0.29, 0.717) is 24.6 Å². The van der Waals surface area contributed by atoms with Gasteiger partial charge in [-0.15, -0.1) is 0 Å². The lowest BCUT2D eigenvalue weighted by Gasteiger charge is -2.31. The molecule has 2 aliphatic rings. The van der Waals surface area contributed by atoms with Crippen LogP contribution in [0.5, 0.6) is 0 Å². The summed E-state index contributed by atoms with van der Waals surface area (Å²) < 4.78 is 12.9. The van der Waals surface area contributed by atoms with E-state index in [-0.39, 0.29) is 47.6 Å². The summed E-state index contributed by atoms with van der Waals surface area (Å²) in [6, 6.07) is 22.3. The third kappa shape index (κ3) is 11.7. The average molecular weight is 759 g/mol. The zero-order chi connectivity index (χ0) is 39.5. The second kappa shape index (κ2) is 22.0. The van der Waals surface area contributed by atoms with Crippen LogP contribution in [0.4, 0.5) is 17.1 Å². The number of dihydropyridines is 1. The maximum Gasteiger partial charge on any atom is 0.372 e. The highest BCUT2D eigenvalue weighted by molar-refractivity contribution is 6.40. The van der Waals surface area contributed by atoms with Gasteiger partial charge >= 0.3 is 11.9 Å². The molecule has 0 N–H and O–H groups in total. The van der Waals surface area contributed by atoms with Gasteiger partial charge in [0, 0.05) is 35.0 Å². The van der Waals surface area contributed by atoms with Crippen LogP contribution < -0.4 is 10.0 Å². The lowest BCUT2D eigenvalue weighted by atomic mass is 9.84. The molecule has 0 saturated heterocycles. The summed E-state index contributed by atoms with van der Waals surface area (Å²) in [4.78, 5) is 49.9. The summed E-state index contributed by atoms with van der Waals surface area (Å²) in [5.74, 6) is -1.57. The number of unbranched alkanes of at least 4 members (excludes halogenated alkanes) is 10. The smallest absolute Gasteiger partial charge is 0.372 e. The van der Waals surface area contributed by atoms with Gasteiger partial charge < -0.3 is 19.5 Å². The minimum atomic E-state index is -0.438. The molecule has 0 amide bonds. The van der Waals surface area contributed by atoms with Gasteiger partial charge in [0.1, 0.15) is 6.54 Å². The number of hydrogen-bond donors (Lipinski definition) is 0. The van der Waals surface area contributed by atoms with Crippen molar-refractivity contribution in [3.8, 4) is 0 Å². The minimum Gasteiger partial charge on any atom is -0.871 e. The monoisotopic (exact) mass is 758 g/mol. The Morgan fingerprint density at radius 3 is 1.88 bits per heavy atom. The first-order valence-electron chi connectivity index (χ1n) is 20.1. The van der Waals surface area contributed by atoms with Gasteiger partial charge in [-0.2, -0.15) is 4.58 Å². The number of hydrogen-bond acceptors (Lipinski definition) is 9. The van der Waals surface area contributed by atoms with Gasteiger partial charge in [-0.3, -0.25) is 14.6 Å². The number of allylic oxidation sites excluding steroid dienone is 4. The molecule has 1 aromatic heterocycles. The first-order chi connectivity index (χ1) is 27.4. The molecule has 0 saturated carbocycles. The standard InChI is InChI=1S/C46H54N4O6/c1-3-5-7-9-11-19-29-55-41(51)33-49(35-21-15-13-16-22-35)37-25-27-39(47-31-37)43-45(53)44(46(43)54)40-28-26-38(32-48-40)50(36-23-17-14-18-24-36)34-42(52)56-30-20-12-10-8-6-4-2/h13-18,21-28,31-32H,3-12,19-20,29-30,33-34H2,1-2H3. The number of para-hydroxylation sites is 2. The molecule has 2 heterocycles. The minimum absolute atomic E-state index is 0.0129. The van der Waals surface area contributed by atoms with Crippen molar-refractivity contribution in [1.29, 1.82) is 0 Å². The number of carbonyl (C=O) groups is 3. The number of aliphatic imine (C=N–C) groups is 1. The second-order valence-corrected chi connectivity index (χ2v) is 14.0. The number of benzene rings is 2. The Labute approximate surface area is 331 Å². The van der Waals surface area contributed by atoms with Crippen molar-refractivity contribution >= 4 is 52.3 Å². The van der Waals surface area contributed by atoms with Crippen LogP contribution in [0, 0.1) is 0 Å². The quantitative estimate of drug-likeness (QED) is 0.0434. The fourth-order valence-corrected chi connectivity index (χ4v) is 6.61. The number of Topliss-reactive ketones (excluding diaryl/α,β-unsaturated/α-hetero) is 1. The van der Waals surface area contributed by atoms with E-state index in [9.17, 15) is 19.5 Å². The molecule has 0 radical (unpaired) electrons.